The van der Waals surface area contributed by atoms with Crippen molar-refractivity contribution in [1.82, 2.24) is 4.72 Å². The summed E-state index contributed by atoms with van der Waals surface area (Å²) in [5.41, 5.74) is -0.0453. The average molecular weight is 301 g/mol. The van der Waals surface area contributed by atoms with E-state index in [1.165, 1.54) is 11.6 Å². The summed E-state index contributed by atoms with van der Waals surface area (Å²) in [7, 11) is -3.75. The van der Waals surface area contributed by atoms with E-state index >= 15 is 0 Å². The zero-order chi connectivity index (χ0) is 14.0. The third-order valence-corrected chi connectivity index (χ3v) is 5.37. The quantitative estimate of drug-likeness (QED) is 0.881. The van der Waals surface area contributed by atoms with Crippen molar-refractivity contribution in [3.63, 3.8) is 0 Å². The molecule has 2 aromatic rings. The van der Waals surface area contributed by atoms with Gasteiger partial charge in [0, 0.05) is 5.38 Å². The summed E-state index contributed by atoms with van der Waals surface area (Å²) in [4.78, 5) is 10.7. The number of sulfonamides is 1. The topological polar surface area (TPSA) is 96.6 Å². The van der Waals surface area contributed by atoms with Gasteiger partial charge in [-0.25, -0.2) is 17.9 Å². The van der Waals surface area contributed by atoms with Gasteiger partial charge in [0.25, 0.3) is 10.0 Å². The van der Waals surface area contributed by atoms with E-state index in [2.05, 4.69) is 4.72 Å². The van der Waals surface area contributed by atoms with Crippen LogP contribution in [0.25, 0.3) is 0 Å². The van der Waals surface area contributed by atoms with Crippen LogP contribution in [0.5, 0.6) is 0 Å². The predicted octanol–water partition coefficient (Wildman–Crippen LogP) is 2.08. The largest absolute Gasteiger partial charge is 0.478 e. The van der Waals surface area contributed by atoms with Crippen LogP contribution < -0.4 is 4.72 Å². The van der Waals surface area contributed by atoms with E-state index < -0.39 is 22.0 Å². The number of carboxylic acid groups (broad SMARTS) is 1. The van der Waals surface area contributed by atoms with E-state index in [0.29, 0.717) is 5.76 Å². The van der Waals surface area contributed by atoms with E-state index in [0.717, 1.165) is 17.4 Å². The maximum atomic E-state index is 12.0. The van der Waals surface area contributed by atoms with Gasteiger partial charge in [-0.2, -0.15) is 0 Å². The van der Waals surface area contributed by atoms with Crippen molar-refractivity contribution in [3.05, 3.63) is 41.2 Å². The molecule has 0 spiro atoms. The summed E-state index contributed by atoms with van der Waals surface area (Å²) in [6.45, 7) is 1.64. The smallest absolute Gasteiger partial charge is 0.336 e. The van der Waals surface area contributed by atoms with Crippen molar-refractivity contribution >= 4 is 27.3 Å². The van der Waals surface area contributed by atoms with Gasteiger partial charge < -0.3 is 9.52 Å². The van der Waals surface area contributed by atoms with Gasteiger partial charge in [-0.15, -0.1) is 11.3 Å². The van der Waals surface area contributed by atoms with E-state index in [4.69, 9.17) is 9.52 Å². The Morgan fingerprint density at radius 3 is 2.79 bits per heavy atom. The van der Waals surface area contributed by atoms with Crippen LogP contribution in [-0.4, -0.2) is 19.5 Å². The minimum Gasteiger partial charge on any atom is -0.478 e. The van der Waals surface area contributed by atoms with Crippen LogP contribution in [0.1, 0.15) is 29.1 Å². The highest BCUT2D eigenvalue weighted by Crippen LogP contribution is 2.23. The second kappa shape index (κ2) is 5.16. The molecule has 0 fully saturated rings. The van der Waals surface area contributed by atoms with Gasteiger partial charge in [-0.1, -0.05) is 0 Å². The zero-order valence-electron chi connectivity index (χ0n) is 9.86. The lowest BCUT2D eigenvalue weighted by Crippen LogP contribution is -2.25. The lowest BCUT2D eigenvalue weighted by atomic mass is 10.3. The molecule has 0 saturated carbocycles. The predicted molar refractivity (Wildman–Crippen MR) is 68.7 cm³/mol. The molecule has 1 unspecified atom stereocenters. The lowest BCUT2D eigenvalue weighted by molar-refractivity contribution is 0.0697. The number of nitrogens with one attached hydrogen (secondary N) is 1. The second-order valence-electron chi connectivity index (χ2n) is 3.82. The van der Waals surface area contributed by atoms with Gasteiger partial charge in [0.1, 0.15) is 9.97 Å². The number of rotatable bonds is 5. The Morgan fingerprint density at radius 1 is 1.53 bits per heavy atom. The molecule has 0 radical (unpaired) electrons. The first-order valence-electron chi connectivity index (χ1n) is 5.28. The maximum absolute atomic E-state index is 12.0. The normalized spacial score (nSPS) is 13.3. The van der Waals surface area contributed by atoms with E-state index in [1.807, 2.05) is 0 Å². The van der Waals surface area contributed by atoms with E-state index in [1.54, 1.807) is 19.1 Å². The molecule has 0 bridgehead atoms. The highest BCUT2D eigenvalue weighted by Gasteiger charge is 2.22. The molecule has 0 amide bonds. The summed E-state index contributed by atoms with van der Waals surface area (Å²) in [6, 6.07) is 3.91. The highest BCUT2D eigenvalue weighted by molar-refractivity contribution is 7.91. The zero-order valence-corrected chi connectivity index (χ0v) is 11.5. The molecular weight excluding hydrogens is 290 g/mol. The Labute approximate surface area is 113 Å². The van der Waals surface area contributed by atoms with E-state index in [9.17, 15) is 13.2 Å². The number of hydrogen-bond donors (Lipinski definition) is 2. The first-order valence-corrected chi connectivity index (χ1v) is 7.64. The summed E-state index contributed by atoms with van der Waals surface area (Å²) in [5.74, 6) is -0.671. The van der Waals surface area contributed by atoms with Gasteiger partial charge in [0.15, 0.2) is 0 Å². The summed E-state index contributed by atoms with van der Waals surface area (Å²) < 4.78 is 31.6. The van der Waals surface area contributed by atoms with Crippen LogP contribution in [0, 0.1) is 0 Å². The van der Waals surface area contributed by atoms with Crippen molar-refractivity contribution in [2.45, 2.75) is 17.2 Å². The average Bonchev–Trinajstić information content (AvgIpc) is 3.00. The van der Waals surface area contributed by atoms with Crippen molar-refractivity contribution in [1.29, 1.82) is 0 Å². The van der Waals surface area contributed by atoms with Crippen LogP contribution in [0.4, 0.5) is 0 Å². The van der Waals surface area contributed by atoms with Gasteiger partial charge in [0.05, 0.1) is 17.9 Å². The van der Waals surface area contributed by atoms with Gasteiger partial charge >= 0.3 is 5.97 Å². The number of carboxylic acids is 1. The molecule has 1 atom stereocenters. The molecule has 0 saturated heterocycles. The molecule has 2 aromatic heterocycles. The minimum absolute atomic E-state index is 0.0386. The molecule has 0 aromatic carbocycles. The molecule has 0 aliphatic carbocycles. The van der Waals surface area contributed by atoms with Crippen molar-refractivity contribution in [2.24, 2.45) is 0 Å². The van der Waals surface area contributed by atoms with Crippen molar-refractivity contribution in [3.8, 4) is 0 Å². The van der Waals surface area contributed by atoms with Gasteiger partial charge in [0.2, 0.25) is 0 Å². The number of thiophene rings is 1. The molecule has 2 heterocycles. The minimum atomic E-state index is -3.75. The Kier molecular flexibility index (Phi) is 3.74. The third kappa shape index (κ3) is 3.03. The molecule has 2 rings (SSSR count). The van der Waals surface area contributed by atoms with E-state index in [-0.39, 0.29) is 9.77 Å². The first-order chi connectivity index (χ1) is 8.90. The molecule has 0 aliphatic rings. The van der Waals surface area contributed by atoms with Gasteiger partial charge in [-0.05, 0) is 25.1 Å². The lowest BCUT2D eigenvalue weighted by Gasteiger charge is -2.10. The SMILES string of the molecule is CC(NS(=O)(=O)c1cc(C(=O)O)cs1)c1ccco1. The molecule has 19 heavy (non-hydrogen) atoms. The maximum Gasteiger partial charge on any atom is 0.336 e. The highest BCUT2D eigenvalue weighted by atomic mass is 32.2. The molecular formula is C11H11NO5S2. The number of aromatic carboxylic acids is 1. The van der Waals surface area contributed by atoms with Crippen LogP contribution in [0.3, 0.4) is 0 Å². The van der Waals surface area contributed by atoms with Crippen molar-refractivity contribution in [2.75, 3.05) is 0 Å². The summed E-state index contributed by atoms with van der Waals surface area (Å²) in [6.07, 6.45) is 1.45. The van der Waals surface area contributed by atoms with Crippen LogP contribution in [-0.2, 0) is 10.0 Å². The number of carbonyl (C=O) groups is 1. The fraction of sp³-hybridized carbons (Fsp3) is 0.182. The summed E-state index contributed by atoms with van der Waals surface area (Å²) >= 11 is 0.862. The van der Waals surface area contributed by atoms with Crippen LogP contribution in [0.2, 0.25) is 0 Å². The Bertz CT molecular complexity index is 672. The first kappa shape index (κ1) is 13.8. The molecule has 0 aliphatic heterocycles. The van der Waals surface area contributed by atoms with Crippen LogP contribution in [0.15, 0.2) is 38.5 Å². The Hall–Kier alpha value is -1.64. The fourth-order valence-electron chi connectivity index (χ4n) is 1.46. The Balaban J connectivity index is 2.20. The third-order valence-electron chi connectivity index (χ3n) is 2.39. The molecule has 6 nitrogen and oxygen atoms in total. The van der Waals surface area contributed by atoms with Crippen LogP contribution >= 0.6 is 11.3 Å². The summed E-state index contributed by atoms with van der Waals surface area (Å²) in [5, 5.41) is 10.1. The molecule has 8 heteroatoms. The fourth-order valence-corrected chi connectivity index (χ4v) is 3.84. The van der Waals surface area contributed by atoms with Crippen molar-refractivity contribution < 1.29 is 22.7 Å². The number of hydrogen-bond acceptors (Lipinski definition) is 5. The number of furan rings is 1. The molecule has 102 valence electrons. The second-order valence-corrected chi connectivity index (χ2v) is 6.67. The standard InChI is InChI=1S/C11H11NO5S2/c1-7(9-3-2-4-17-9)12-19(15,16)10-5-8(6-18-10)11(13)14/h2-7,12H,1H3,(H,13,14). The monoisotopic (exact) mass is 301 g/mol. The van der Waals surface area contributed by atoms with Gasteiger partial charge in [-0.3, -0.25) is 0 Å². The molecule has 2 N–H and O–H groups in total. The Morgan fingerprint density at radius 2 is 2.26 bits per heavy atom.